The van der Waals surface area contributed by atoms with Crippen LogP contribution in [0.15, 0.2) is 0 Å². The van der Waals surface area contributed by atoms with Crippen LogP contribution in [0.4, 0.5) is 0 Å². The molecular weight excluding hydrogens is 232 g/mol. The molecule has 1 aliphatic carbocycles. The molecular formula is C17H34N2. The molecule has 0 aromatic heterocycles. The van der Waals surface area contributed by atoms with E-state index in [4.69, 9.17) is 0 Å². The van der Waals surface area contributed by atoms with Crippen molar-refractivity contribution in [3.05, 3.63) is 0 Å². The SMILES string of the molecule is CCCC1CCC(N2CCC(C)NC(C)CC2)CC1. The van der Waals surface area contributed by atoms with Gasteiger partial charge in [0.05, 0.1) is 0 Å². The Labute approximate surface area is 120 Å². The molecule has 0 amide bonds. The smallest absolute Gasteiger partial charge is 0.00954 e. The van der Waals surface area contributed by atoms with Gasteiger partial charge in [0.15, 0.2) is 0 Å². The molecule has 1 heterocycles. The number of nitrogens with one attached hydrogen (secondary N) is 1. The Morgan fingerprint density at radius 3 is 2.00 bits per heavy atom. The molecule has 19 heavy (non-hydrogen) atoms. The van der Waals surface area contributed by atoms with Crippen molar-refractivity contribution in [1.82, 2.24) is 10.2 Å². The third-order valence-electron chi connectivity index (χ3n) is 5.30. The zero-order valence-corrected chi connectivity index (χ0v) is 13.3. The number of hydrogen-bond donors (Lipinski definition) is 1. The van der Waals surface area contributed by atoms with Crippen molar-refractivity contribution < 1.29 is 0 Å². The lowest BCUT2D eigenvalue weighted by molar-refractivity contribution is 0.114. The van der Waals surface area contributed by atoms with E-state index in [1.54, 1.807) is 0 Å². The maximum atomic E-state index is 3.70. The molecule has 0 aromatic rings. The quantitative estimate of drug-likeness (QED) is 0.835. The van der Waals surface area contributed by atoms with Gasteiger partial charge in [-0.05, 0) is 71.4 Å². The van der Waals surface area contributed by atoms with Gasteiger partial charge in [-0.1, -0.05) is 19.8 Å². The van der Waals surface area contributed by atoms with Gasteiger partial charge < -0.3 is 10.2 Å². The third-order valence-corrected chi connectivity index (χ3v) is 5.30. The molecule has 1 N–H and O–H groups in total. The highest BCUT2D eigenvalue weighted by Gasteiger charge is 2.26. The molecule has 2 nitrogen and oxygen atoms in total. The van der Waals surface area contributed by atoms with Crippen LogP contribution in [-0.4, -0.2) is 36.1 Å². The Kier molecular flexibility index (Phi) is 6.15. The maximum Gasteiger partial charge on any atom is 0.00954 e. The van der Waals surface area contributed by atoms with Crippen molar-refractivity contribution in [2.45, 2.75) is 90.3 Å². The summed E-state index contributed by atoms with van der Waals surface area (Å²) in [6, 6.07) is 2.27. The average molecular weight is 266 g/mol. The lowest BCUT2D eigenvalue weighted by Gasteiger charge is -2.39. The zero-order valence-electron chi connectivity index (χ0n) is 13.3. The van der Waals surface area contributed by atoms with Gasteiger partial charge in [0.25, 0.3) is 0 Å². The lowest BCUT2D eigenvalue weighted by atomic mass is 9.82. The second-order valence-electron chi connectivity index (χ2n) is 7.05. The molecule has 2 rings (SSSR count). The summed E-state index contributed by atoms with van der Waals surface area (Å²) in [7, 11) is 0. The van der Waals surface area contributed by atoms with Crippen molar-refractivity contribution in [3.8, 4) is 0 Å². The predicted molar refractivity (Wildman–Crippen MR) is 83.5 cm³/mol. The molecule has 0 spiro atoms. The van der Waals surface area contributed by atoms with E-state index in [0.717, 1.165) is 12.0 Å². The van der Waals surface area contributed by atoms with E-state index in [0.29, 0.717) is 12.1 Å². The number of rotatable bonds is 3. The monoisotopic (exact) mass is 266 g/mol. The van der Waals surface area contributed by atoms with Crippen molar-refractivity contribution in [3.63, 3.8) is 0 Å². The van der Waals surface area contributed by atoms with E-state index < -0.39 is 0 Å². The van der Waals surface area contributed by atoms with Gasteiger partial charge in [-0.3, -0.25) is 0 Å². The van der Waals surface area contributed by atoms with Crippen LogP contribution in [0, 0.1) is 5.92 Å². The van der Waals surface area contributed by atoms with Gasteiger partial charge in [-0.15, -0.1) is 0 Å². The Bertz CT molecular complexity index is 234. The lowest BCUT2D eigenvalue weighted by Crippen LogP contribution is -2.47. The van der Waals surface area contributed by atoms with E-state index in [1.807, 2.05) is 0 Å². The molecule has 112 valence electrons. The average Bonchev–Trinajstić information content (AvgIpc) is 2.38. The van der Waals surface area contributed by atoms with Crippen LogP contribution in [-0.2, 0) is 0 Å². The zero-order chi connectivity index (χ0) is 13.7. The van der Waals surface area contributed by atoms with Crippen LogP contribution in [0.25, 0.3) is 0 Å². The first kappa shape index (κ1) is 15.3. The summed E-state index contributed by atoms with van der Waals surface area (Å²) in [6.07, 6.45) is 11.4. The first-order chi connectivity index (χ1) is 9.19. The molecule has 1 saturated carbocycles. The standard InChI is InChI=1S/C17H34N2/c1-4-5-16-6-8-17(9-7-16)19-12-10-14(2)18-15(3)11-13-19/h14-18H,4-13H2,1-3H3. The molecule has 1 saturated heterocycles. The van der Waals surface area contributed by atoms with Crippen LogP contribution in [0.3, 0.4) is 0 Å². The van der Waals surface area contributed by atoms with Gasteiger partial charge in [0.2, 0.25) is 0 Å². The molecule has 1 aliphatic heterocycles. The summed E-state index contributed by atoms with van der Waals surface area (Å²) in [6.45, 7) is 9.64. The number of hydrogen-bond acceptors (Lipinski definition) is 2. The molecule has 2 unspecified atom stereocenters. The van der Waals surface area contributed by atoms with Crippen molar-refractivity contribution >= 4 is 0 Å². The van der Waals surface area contributed by atoms with E-state index in [-0.39, 0.29) is 0 Å². The second-order valence-corrected chi connectivity index (χ2v) is 7.05. The summed E-state index contributed by atoms with van der Waals surface area (Å²) in [5.74, 6) is 1.04. The van der Waals surface area contributed by atoms with Crippen LogP contribution in [0.2, 0.25) is 0 Å². The van der Waals surface area contributed by atoms with Crippen LogP contribution in [0.1, 0.15) is 72.1 Å². The third kappa shape index (κ3) is 4.75. The fourth-order valence-electron chi connectivity index (χ4n) is 4.06. The van der Waals surface area contributed by atoms with Gasteiger partial charge >= 0.3 is 0 Å². The van der Waals surface area contributed by atoms with Crippen LogP contribution in [0.5, 0.6) is 0 Å². The van der Waals surface area contributed by atoms with Crippen molar-refractivity contribution in [2.75, 3.05) is 13.1 Å². The van der Waals surface area contributed by atoms with E-state index >= 15 is 0 Å². The summed E-state index contributed by atoms with van der Waals surface area (Å²) in [5.41, 5.74) is 0. The predicted octanol–water partition coefficient (Wildman–Crippen LogP) is 3.81. The fourth-order valence-corrected chi connectivity index (χ4v) is 4.06. The molecule has 2 heteroatoms. The van der Waals surface area contributed by atoms with Crippen LogP contribution < -0.4 is 5.32 Å². The second kappa shape index (κ2) is 7.64. The van der Waals surface area contributed by atoms with Crippen LogP contribution >= 0.6 is 0 Å². The fraction of sp³-hybridized carbons (Fsp3) is 1.00. The minimum atomic E-state index is 0.689. The van der Waals surface area contributed by atoms with Gasteiger partial charge in [-0.2, -0.15) is 0 Å². The van der Waals surface area contributed by atoms with Gasteiger partial charge in [0.1, 0.15) is 0 Å². The Morgan fingerprint density at radius 1 is 0.895 bits per heavy atom. The molecule has 2 aliphatic rings. The molecule has 0 radical (unpaired) electrons. The van der Waals surface area contributed by atoms with Gasteiger partial charge in [0, 0.05) is 18.1 Å². The highest BCUT2D eigenvalue weighted by Crippen LogP contribution is 2.31. The van der Waals surface area contributed by atoms with Crippen molar-refractivity contribution in [1.29, 1.82) is 0 Å². The van der Waals surface area contributed by atoms with Gasteiger partial charge in [-0.25, -0.2) is 0 Å². The minimum Gasteiger partial charge on any atom is -0.312 e. The normalized spacial score (nSPS) is 38.7. The Hall–Kier alpha value is -0.0800. The molecule has 2 fully saturated rings. The molecule has 0 bridgehead atoms. The minimum absolute atomic E-state index is 0.689. The molecule has 0 aromatic carbocycles. The summed E-state index contributed by atoms with van der Waals surface area (Å²) in [4.78, 5) is 2.82. The summed E-state index contributed by atoms with van der Waals surface area (Å²) < 4.78 is 0. The largest absolute Gasteiger partial charge is 0.312 e. The molecule has 2 atom stereocenters. The van der Waals surface area contributed by atoms with E-state index in [9.17, 15) is 0 Å². The van der Waals surface area contributed by atoms with E-state index in [2.05, 4.69) is 31.0 Å². The van der Waals surface area contributed by atoms with Crippen molar-refractivity contribution in [2.24, 2.45) is 5.92 Å². The Morgan fingerprint density at radius 2 is 1.47 bits per heavy atom. The highest BCUT2D eigenvalue weighted by atomic mass is 15.2. The highest BCUT2D eigenvalue weighted by molar-refractivity contribution is 4.83. The van der Waals surface area contributed by atoms with E-state index in [1.165, 1.54) is 64.5 Å². The maximum absolute atomic E-state index is 3.70. The topological polar surface area (TPSA) is 15.3 Å². The first-order valence-electron chi connectivity index (χ1n) is 8.69. The Balaban J connectivity index is 1.80. The number of nitrogens with zero attached hydrogens (tertiary/aromatic N) is 1. The summed E-state index contributed by atoms with van der Waals surface area (Å²) >= 11 is 0. The summed E-state index contributed by atoms with van der Waals surface area (Å²) in [5, 5.41) is 3.70. The first-order valence-corrected chi connectivity index (χ1v) is 8.69.